The first kappa shape index (κ1) is 18.4. The molecule has 1 amide bonds. The van der Waals surface area contributed by atoms with Crippen molar-refractivity contribution in [3.63, 3.8) is 0 Å². The lowest BCUT2D eigenvalue weighted by Gasteiger charge is -2.08. The van der Waals surface area contributed by atoms with Gasteiger partial charge < -0.3 is 10.1 Å². The molecule has 0 radical (unpaired) electrons. The van der Waals surface area contributed by atoms with E-state index >= 15 is 0 Å². The molecule has 6 nitrogen and oxygen atoms in total. The van der Waals surface area contributed by atoms with Crippen LogP contribution >= 0.6 is 0 Å². The minimum Gasteiger partial charge on any atom is -0.439 e. The van der Waals surface area contributed by atoms with Gasteiger partial charge in [0.25, 0.3) is 5.91 Å². The summed E-state index contributed by atoms with van der Waals surface area (Å²) in [6, 6.07) is 18.7. The van der Waals surface area contributed by atoms with Gasteiger partial charge in [-0.2, -0.15) is 5.10 Å². The summed E-state index contributed by atoms with van der Waals surface area (Å²) in [4.78, 5) is 16.8. The molecule has 0 saturated heterocycles. The van der Waals surface area contributed by atoms with E-state index in [9.17, 15) is 9.18 Å². The van der Waals surface area contributed by atoms with Crippen LogP contribution in [0, 0.1) is 5.82 Å². The van der Waals surface area contributed by atoms with Gasteiger partial charge in [-0.05, 0) is 29.8 Å². The number of pyridine rings is 1. The fraction of sp³-hybridized carbons (Fsp3) is 0.0455. The van der Waals surface area contributed by atoms with Crippen LogP contribution in [-0.4, -0.2) is 21.1 Å². The van der Waals surface area contributed by atoms with Gasteiger partial charge in [0.2, 0.25) is 5.88 Å². The van der Waals surface area contributed by atoms with Crippen molar-refractivity contribution < 1.29 is 13.9 Å². The number of hydrogen-bond donors (Lipinski definition) is 2. The van der Waals surface area contributed by atoms with Crippen LogP contribution in [0.2, 0.25) is 0 Å². The van der Waals surface area contributed by atoms with E-state index in [0.717, 1.165) is 11.1 Å². The van der Waals surface area contributed by atoms with Crippen molar-refractivity contribution in [1.82, 2.24) is 20.5 Å². The van der Waals surface area contributed by atoms with Crippen LogP contribution in [0.25, 0.3) is 11.3 Å². The molecule has 0 saturated carbocycles. The fourth-order valence-corrected chi connectivity index (χ4v) is 2.76. The summed E-state index contributed by atoms with van der Waals surface area (Å²) in [6.45, 7) is 0.308. The Bertz CT molecular complexity index is 1090. The highest BCUT2D eigenvalue weighted by atomic mass is 19.1. The number of nitrogens with zero attached hydrogens (tertiary/aromatic N) is 2. The van der Waals surface area contributed by atoms with Crippen molar-refractivity contribution >= 4 is 5.91 Å². The number of aromatic nitrogens is 3. The third-order valence-electron chi connectivity index (χ3n) is 4.23. The number of amides is 1. The van der Waals surface area contributed by atoms with E-state index < -0.39 is 0 Å². The third-order valence-corrected chi connectivity index (χ3v) is 4.23. The standard InChI is InChI=1S/C22H17FN4O2/c23-17-7-9-18(10-8-17)29-20-11-6-15(12-24-20)13-25-22(28)19-14-26-27-21(19)16-4-2-1-3-5-16/h1-12,14H,13H2,(H,25,28)(H,26,27). The maximum absolute atomic E-state index is 12.9. The Morgan fingerprint density at radius 1 is 1.00 bits per heavy atom. The molecule has 0 aliphatic heterocycles. The molecule has 0 spiro atoms. The molecule has 2 aromatic heterocycles. The number of nitrogens with one attached hydrogen (secondary N) is 2. The number of hydrogen-bond acceptors (Lipinski definition) is 4. The maximum Gasteiger partial charge on any atom is 0.255 e. The molecule has 4 rings (SSSR count). The van der Waals surface area contributed by atoms with Crippen molar-refractivity contribution in [3.05, 3.63) is 96.1 Å². The number of H-pyrrole nitrogens is 1. The van der Waals surface area contributed by atoms with Gasteiger partial charge in [-0.25, -0.2) is 9.37 Å². The van der Waals surface area contributed by atoms with Crippen molar-refractivity contribution in [3.8, 4) is 22.9 Å². The van der Waals surface area contributed by atoms with Gasteiger partial charge in [-0.15, -0.1) is 0 Å². The average Bonchev–Trinajstić information content (AvgIpc) is 3.25. The zero-order valence-electron chi connectivity index (χ0n) is 15.3. The molecule has 0 aliphatic carbocycles. The number of carbonyl (C=O) groups is 1. The number of aromatic amines is 1. The Morgan fingerprint density at radius 2 is 1.79 bits per heavy atom. The number of rotatable bonds is 6. The van der Waals surface area contributed by atoms with Crippen molar-refractivity contribution in [1.29, 1.82) is 0 Å². The summed E-state index contributed by atoms with van der Waals surface area (Å²) in [6.07, 6.45) is 3.13. The molecule has 2 heterocycles. The zero-order valence-corrected chi connectivity index (χ0v) is 15.3. The first-order valence-corrected chi connectivity index (χ1v) is 8.94. The predicted octanol–water partition coefficient (Wildman–Crippen LogP) is 4.33. The van der Waals surface area contributed by atoms with Crippen molar-refractivity contribution in [2.45, 2.75) is 6.54 Å². The van der Waals surface area contributed by atoms with E-state index in [1.54, 1.807) is 18.3 Å². The maximum atomic E-state index is 12.9. The van der Waals surface area contributed by atoms with Crippen LogP contribution in [-0.2, 0) is 6.54 Å². The lowest BCUT2D eigenvalue weighted by molar-refractivity contribution is 0.0951. The summed E-state index contributed by atoms with van der Waals surface area (Å²) in [5.74, 6) is 0.315. The summed E-state index contributed by atoms with van der Waals surface area (Å²) in [5.41, 5.74) is 2.85. The molecule has 29 heavy (non-hydrogen) atoms. The average molecular weight is 388 g/mol. The molecule has 144 valence electrons. The topological polar surface area (TPSA) is 79.9 Å². The van der Waals surface area contributed by atoms with Gasteiger partial charge in [0, 0.05) is 24.4 Å². The lowest BCUT2D eigenvalue weighted by Crippen LogP contribution is -2.23. The normalized spacial score (nSPS) is 10.5. The summed E-state index contributed by atoms with van der Waals surface area (Å²) >= 11 is 0. The minimum atomic E-state index is -0.329. The summed E-state index contributed by atoms with van der Waals surface area (Å²) in [5, 5.41) is 9.73. The largest absolute Gasteiger partial charge is 0.439 e. The molecular formula is C22H17FN4O2. The fourth-order valence-electron chi connectivity index (χ4n) is 2.76. The van der Waals surface area contributed by atoms with E-state index in [2.05, 4.69) is 20.5 Å². The van der Waals surface area contributed by atoms with Gasteiger partial charge in [0.15, 0.2) is 0 Å². The van der Waals surface area contributed by atoms with Crippen molar-refractivity contribution in [2.75, 3.05) is 0 Å². The predicted molar refractivity (Wildman–Crippen MR) is 106 cm³/mol. The molecule has 2 N–H and O–H groups in total. The highest BCUT2D eigenvalue weighted by Gasteiger charge is 2.14. The van der Waals surface area contributed by atoms with Gasteiger partial charge in [0.1, 0.15) is 11.6 Å². The molecular weight excluding hydrogens is 371 g/mol. The zero-order chi connectivity index (χ0) is 20.1. The van der Waals surface area contributed by atoms with Gasteiger partial charge in [0.05, 0.1) is 17.5 Å². The monoisotopic (exact) mass is 388 g/mol. The quantitative estimate of drug-likeness (QED) is 0.515. The lowest BCUT2D eigenvalue weighted by atomic mass is 10.1. The Hall–Kier alpha value is -4.00. The Morgan fingerprint density at radius 3 is 2.52 bits per heavy atom. The van der Waals surface area contributed by atoms with E-state index in [1.807, 2.05) is 30.3 Å². The van der Waals surface area contributed by atoms with Gasteiger partial charge in [-0.1, -0.05) is 36.4 Å². The van der Waals surface area contributed by atoms with E-state index in [-0.39, 0.29) is 11.7 Å². The Kier molecular flexibility index (Phi) is 5.29. The molecule has 0 unspecified atom stereocenters. The minimum absolute atomic E-state index is 0.232. The second-order valence-electron chi connectivity index (χ2n) is 6.27. The molecule has 0 bridgehead atoms. The van der Waals surface area contributed by atoms with E-state index in [0.29, 0.717) is 29.4 Å². The smallest absolute Gasteiger partial charge is 0.255 e. The van der Waals surface area contributed by atoms with Crippen LogP contribution in [0.3, 0.4) is 0 Å². The summed E-state index contributed by atoms with van der Waals surface area (Å²) in [7, 11) is 0. The number of ether oxygens (including phenoxy) is 1. The second-order valence-corrected chi connectivity index (χ2v) is 6.27. The molecule has 4 aromatic rings. The SMILES string of the molecule is O=C(NCc1ccc(Oc2ccc(F)cc2)nc1)c1cn[nH]c1-c1ccccc1. The highest BCUT2D eigenvalue weighted by Crippen LogP contribution is 2.21. The highest BCUT2D eigenvalue weighted by molar-refractivity contribution is 5.99. The Balaban J connectivity index is 1.38. The van der Waals surface area contributed by atoms with Crippen LogP contribution in [0.15, 0.2) is 79.1 Å². The van der Waals surface area contributed by atoms with Crippen LogP contribution in [0.5, 0.6) is 11.6 Å². The first-order chi connectivity index (χ1) is 14.2. The van der Waals surface area contributed by atoms with Crippen LogP contribution in [0.1, 0.15) is 15.9 Å². The third kappa shape index (κ3) is 4.47. The number of carbonyl (C=O) groups excluding carboxylic acids is 1. The molecule has 0 fully saturated rings. The Labute approximate surface area is 166 Å². The van der Waals surface area contributed by atoms with Crippen molar-refractivity contribution in [2.24, 2.45) is 0 Å². The van der Waals surface area contributed by atoms with Crippen LogP contribution < -0.4 is 10.1 Å². The summed E-state index contributed by atoms with van der Waals surface area (Å²) < 4.78 is 18.5. The first-order valence-electron chi connectivity index (χ1n) is 8.94. The second kappa shape index (κ2) is 8.35. The molecule has 2 aromatic carbocycles. The molecule has 0 atom stereocenters. The molecule has 7 heteroatoms. The van der Waals surface area contributed by atoms with Gasteiger partial charge >= 0.3 is 0 Å². The van der Waals surface area contributed by atoms with E-state index in [1.165, 1.54) is 30.5 Å². The number of benzene rings is 2. The van der Waals surface area contributed by atoms with E-state index in [4.69, 9.17) is 4.74 Å². The molecule has 0 aliphatic rings. The van der Waals surface area contributed by atoms with Crippen LogP contribution in [0.4, 0.5) is 4.39 Å². The number of halogens is 1. The van der Waals surface area contributed by atoms with Gasteiger partial charge in [-0.3, -0.25) is 9.89 Å².